The van der Waals surface area contributed by atoms with Gasteiger partial charge in [-0.15, -0.1) is 11.3 Å². The lowest BCUT2D eigenvalue weighted by Gasteiger charge is -2.18. The fourth-order valence-corrected chi connectivity index (χ4v) is 4.58. The summed E-state index contributed by atoms with van der Waals surface area (Å²) in [5.41, 5.74) is 3.86. The number of carbonyl (C=O) groups excluding carboxylic acids is 2. The van der Waals surface area contributed by atoms with Crippen molar-refractivity contribution >= 4 is 34.0 Å². The van der Waals surface area contributed by atoms with Gasteiger partial charge in [0.1, 0.15) is 0 Å². The zero-order valence-corrected chi connectivity index (χ0v) is 17.3. The molecule has 1 unspecified atom stereocenters. The van der Waals surface area contributed by atoms with Crippen molar-refractivity contribution in [3.8, 4) is 11.3 Å². The highest BCUT2D eigenvalue weighted by molar-refractivity contribution is 7.16. The fraction of sp³-hybridized carbons (Fsp3) is 0.261. The van der Waals surface area contributed by atoms with E-state index < -0.39 is 0 Å². The van der Waals surface area contributed by atoms with Crippen LogP contribution in [0.5, 0.6) is 0 Å². The van der Waals surface area contributed by atoms with Gasteiger partial charge in [-0.1, -0.05) is 55.5 Å². The van der Waals surface area contributed by atoms with Gasteiger partial charge in [-0.05, 0) is 25.0 Å². The second-order valence-electron chi connectivity index (χ2n) is 7.19. The molecule has 2 amide bonds. The molecule has 6 heteroatoms. The fourth-order valence-electron chi connectivity index (χ4n) is 3.66. The monoisotopic (exact) mass is 405 g/mol. The molecule has 0 aliphatic carbocycles. The molecule has 0 saturated carbocycles. The summed E-state index contributed by atoms with van der Waals surface area (Å²) in [6.45, 7) is 4.46. The molecule has 0 bridgehead atoms. The predicted octanol–water partition coefficient (Wildman–Crippen LogP) is 4.67. The number of carbonyl (C=O) groups is 2. The average Bonchev–Trinajstić information content (AvgIpc) is 3.32. The summed E-state index contributed by atoms with van der Waals surface area (Å²) in [6, 6.07) is 17.7. The van der Waals surface area contributed by atoms with E-state index in [2.05, 4.69) is 17.2 Å². The van der Waals surface area contributed by atoms with Crippen molar-refractivity contribution in [2.45, 2.75) is 26.7 Å². The Morgan fingerprint density at radius 2 is 1.90 bits per heavy atom. The van der Waals surface area contributed by atoms with E-state index >= 15 is 0 Å². The van der Waals surface area contributed by atoms with Gasteiger partial charge < -0.3 is 10.2 Å². The Balaban J connectivity index is 1.50. The van der Waals surface area contributed by atoms with Crippen LogP contribution in [-0.2, 0) is 16.0 Å². The van der Waals surface area contributed by atoms with Crippen LogP contribution < -0.4 is 10.2 Å². The van der Waals surface area contributed by atoms with Gasteiger partial charge >= 0.3 is 0 Å². The molecule has 2 aromatic carbocycles. The maximum absolute atomic E-state index is 12.8. The average molecular weight is 406 g/mol. The van der Waals surface area contributed by atoms with Crippen LogP contribution in [0, 0.1) is 12.8 Å². The SMILES string of the molecule is CCc1sc(NC(=O)C2CC(=O)N(c3ccccc3C)C2)nc1-c1ccccc1. The Kier molecular flexibility index (Phi) is 5.45. The molecule has 5 nitrogen and oxygen atoms in total. The van der Waals surface area contributed by atoms with E-state index in [4.69, 9.17) is 0 Å². The van der Waals surface area contributed by atoms with E-state index in [0.717, 1.165) is 33.8 Å². The van der Waals surface area contributed by atoms with Gasteiger partial charge in [0.15, 0.2) is 5.13 Å². The zero-order valence-electron chi connectivity index (χ0n) is 16.5. The molecule has 1 aliphatic heterocycles. The van der Waals surface area contributed by atoms with Crippen molar-refractivity contribution in [2.24, 2.45) is 5.92 Å². The molecule has 0 spiro atoms. The summed E-state index contributed by atoms with van der Waals surface area (Å²) in [5, 5.41) is 3.54. The Morgan fingerprint density at radius 3 is 2.62 bits per heavy atom. The molecule has 29 heavy (non-hydrogen) atoms. The summed E-state index contributed by atoms with van der Waals surface area (Å²) >= 11 is 1.50. The van der Waals surface area contributed by atoms with Gasteiger partial charge in [-0.3, -0.25) is 9.59 Å². The molecule has 3 aromatic rings. The van der Waals surface area contributed by atoms with Crippen molar-refractivity contribution in [3.05, 3.63) is 65.0 Å². The summed E-state index contributed by atoms with van der Waals surface area (Å²) in [6.07, 6.45) is 1.07. The highest BCUT2D eigenvalue weighted by Crippen LogP contribution is 2.33. The minimum Gasteiger partial charge on any atom is -0.311 e. The number of anilines is 2. The third kappa shape index (κ3) is 3.93. The molecule has 1 atom stereocenters. The number of benzene rings is 2. The molecule has 0 radical (unpaired) electrons. The van der Waals surface area contributed by atoms with E-state index in [1.54, 1.807) is 4.90 Å². The van der Waals surface area contributed by atoms with Crippen LogP contribution in [0.15, 0.2) is 54.6 Å². The van der Waals surface area contributed by atoms with Gasteiger partial charge in [0, 0.05) is 29.1 Å². The summed E-state index contributed by atoms with van der Waals surface area (Å²) in [5.74, 6) is -0.542. The summed E-state index contributed by atoms with van der Waals surface area (Å²) < 4.78 is 0. The topological polar surface area (TPSA) is 62.3 Å². The number of nitrogens with one attached hydrogen (secondary N) is 1. The number of nitrogens with zero attached hydrogens (tertiary/aromatic N) is 2. The smallest absolute Gasteiger partial charge is 0.231 e. The van der Waals surface area contributed by atoms with Crippen molar-refractivity contribution < 1.29 is 9.59 Å². The largest absolute Gasteiger partial charge is 0.311 e. The molecular formula is C23H23N3O2S. The van der Waals surface area contributed by atoms with Crippen LogP contribution in [-0.4, -0.2) is 23.3 Å². The van der Waals surface area contributed by atoms with Gasteiger partial charge in [0.05, 0.1) is 11.6 Å². The van der Waals surface area contributed by atoms with Gasteiger partial charge in [-0.25, -0.2) is 4.98 Å². The summed E-state index contributed by atoms with van der Waals surface area (Å²) in [4.78, 5) is 32.9. The van der Waals surface area contributed by atoms with Gasteiger partial charge in [-0.2, -0.15) is 0 Å². The second-order valence-corrected chi connectivity index (χ2v) is 8.28. The Bertz CT molecular complexity index is 1050. The van der Waals surface area contributed by atoms with Crippen LogP contribution in [0.2, 0.25) is 0 Å². The standard InChI is InChI=1S/C23H23N3O2S/c1-3-19-21(16-10-5-4-6-11-16)24-23(29-19)25-22(28)17-13-20(27)26(14-17)18-12-8-7-9-15(18)2/h4-12,17H,3,13-14H2,1-2H3,(H,24,25,28). The van der Waals surface area contributed by atoms with E-state index in [1.807, 2.05) is 61.5 Å². The lowest BCUT2D eigenvalue weighted by Crippen LogP contribution is -2.28. The second kappa shape index (κ2) is 8.17. The van der Waals surface area contributed by atoms with Crippen LogP contribution in [0.4, 0.5) is 10.8 Å². The summed E-state index contributed by atoms with van der Waals surface area (Å²) in [7, 11) is 0. The number of hydrogen-bond donors (Lipinski definition) is 1. The number of rotatable bonds is 5. The number of aromatic nitrogens is 1. The Hall–Kier alpha value is -2.99. The van der Waals surface area contributed by atoms with E-state index in [9.17, 15) is 9.59 Å². The molecule has 2 heterocycles. The Labute approximate surface area is 174 Å². The number of para-hydroxylation sites is 1. The third-order valence-corrected chi connectivity index (χ3v) is 6.31. The molecule has 148 valence electrons. The van der Waals surface area contributed by atoms with E-state index in [0.29, 0.717) is 11.7 Å². The van der Waals surface area contributed by atoms with Crippen molar-refractivity contribution in [1.29, 1.82) is 0 Å². The van der Waals surface area contributed by atoms with Crippen molar-refractivity contribution in [3.63, 3.8) is 0 Å². The lowest BCUT2D eigenvalue weighted by atomic mass is 10.1. The first-order valence-corrected chi connectivity index (χ1v) is 10.6. The van der Waals surface area contributed by atoms with Crippen molar-refractivity contribution in [1.82, 2.24) is 4.98 Å². The van der Waals surface area contributed by atoms with Crippen molar-refractivity contribution in [2.75, 3.05) is 16.8 Å². The first kappa shape index (κ1) is 19.3. The predicted molar refractivity (Wildman–Crippen MR) is 117 cm³/mol. The van der Waals surface area contributed by atoms with Crippen LogP contribution in [0.1, 0.15) is 23.8 Å². The van der Waals surface area contributed by atoms with Crippen LogP contribution in [0.3, 0.4) is 0 Å². The maximum Gasteiger partial charge on any atom is 0.231 e. The molecule has 1 aromatic heterocycles. The molecular weight excluding hydrogens is 382 g/mol. The lowest BCUT2D eigenvalue weighted by molar-refractivity contribution is -0.122. The molecule has 1 N–H and O–H groups in total. The minimum absolute atomic E-state index is 0.0159. The zero-order chi connectivity index (χ0) is 20.4. The first-order valence-electron chi connectivity index (χ1n) is 9.78. The minimum atomic E-state index is -0.378. The number of thiazole rings is 1. The number of amides is 2. The maximum atomic E-state index is 12.8. The van der Waals surface area contributed by atoms with Gasteiger partial charge in [0.25, 0.3) is 0 Å². The molecule has 1 fully saturated rings. The van der Waals surface area contributed by atoms with Gasteiger partial charge in [0.2, 0.25) is 11.8 Å². The normalized spacial score (nSPS) is 16.3. The highest BCUT2D eigenvalue weighted by atomic mass is 32.1. The Morgan fingerprint density at radius 1 is 1.17 bits per heavy atom. The molecule has 4 rings (SSSR count). The quantitative estimate of drug-likeness (QED) is 0.671. The number of aryl methyl sites for hydroxylation is 2. The first-order chi connectivity index (χ1) is 14.1. The highest BCUT2D eigenvalue weighted by Gasteiger charge is 2.36. The number of hydrogen-bond acceptors (Lipinski definition) is 4. The molecule has 1 saturated heterocycles. The van der Waals surface area contributed by atoms with Crippen LogP contribution >= 0.6 is 11.3 Å². The third-order valence-electron chi connectivity index (χ3n) is 5.20. The van der Waals surface area contributed by atoms with E-state index in [-0.39, 0.29) is 24.2 Å². The van der Waals surface area contributed by atoms with E-state index in [1.165, 1.54) is 11.3 Å². The molecule has 1 aliphatic rings. The van der Waals surface area contributed by atoms with Crippen LogP contribution in [0.25, 0.3) is 11.3 Å².